The molecule has 1 amide bonds. The van der Waals surface area contributed by atoms with Crippen LogP contribution in [0.15, 0.2) is 24.3 Å². The van der Waals surface area contributed by atoms with Gasteiger partial charge >= 0.3 is 0 Å². The Bertz CT molecular complexity index is 452. The predicted molar refractivity (Wildman–Crippen MR) is 86.7 cm³/mol. The first-order valence-electron chi connectivity index (χ1n) is 7.47. The van der Waals surface area contributed by atoms with Crippen LogP contribution in [0.4, 0.5) is 0 Å². The average molecular weight is 292 g/mol. The van der Waals surface area contributed by atoms with E-state index >= 15 is 0 Å². The molecule has 0 aliphatic rings. The smallest absolute Gasteiger partial charge is 0.223 e. The molecule has 0 aromatic heterocycles. The molecule has 0 aliphatic heterocycles. The molecule has 0 heterocycles. The molecule has 1 aromatic carbocycles. The second kappa shape index (κ2) is 8.03. The first kappa shape index (κ1) is 17.5. The van der Waals surface area contributed by atoms with Gasteiger partial charge in [0.1, 0.15) is 12.4 Å². The number of nitrogens with one attached hydrogen (secondary N) is 1. The number of para-hydroxylation sites is 1. The molecule has 1 rings (SSSR count). The Balaban J connectivity index is 2.25. The van der Waals surface area contributed by atoms with E-state index in [4.69, 9.17) is 4.74 Å². The van der Waals surface area contributed by atoms with E-state index in [1.807, 2.05) is 38.2 Å². The van der Waals surface area contributed by atoms with Crippen LogP contribution in [0.5, 0.6) is 5.75 Å². The largest absolute Gasteiger partial charge is 0.491 e. The molecule has 0 radical (unpaired) electrons. The summed E-state index contributed by atoms with van der Waals surface area (Å²) < 4.78 is 5.71. The van der Waals surface area contributed by atoms with Crippen LogP contribution in [0, 0.1) is 6.92 Å². The summed E-state index contributed by atoms with van der Waals surface area (Å²) in [6, 6.07) is 7.90. The molecular formula is C17H28N2O2. The number of hydrogen-bond acceptors (Lipinski definition) is 3. The third kappa shape index (κ3) is 7.14. The molecule has 0 unspecified atom stereocenters. The summed E-state index contributed by atoms with van der Waals surface area (Å²) in [5, 5.41) is 3.32. The predicted octanol–water partition coefficient (Wildman–Crippen LogP) is 2.61. The first-order chi connectivity index (χ1) is 9.79. The van der Waals surface area contributed by atoms with E-state index < -0.39 is 0 Å². The van der Waals surface area contributed by atoms with Gasteiger partial charge in [0, 0.05) is 25.6 Å². The Morgan fingerprint density at radius 3 is 2.57 bits per heavy atom. The minimum atomic E-state index is 0.0484. The van der Waals surface area contributed by atoms with Crippen molar-refractivity contribution in [3.8, 4) is 5.75 Å². The van der Waals surface area contributed by atoms with Gasteiger partial charge in [-0.2, -0.15) is 0 Å². The summed E-state index contributed by atoms with van der Waals surface area (Å²) in [6.45, 7) is 10.1. The number of benzene rings is 1. The summed E-state index contributed by atoms with van der Waals surface area (Å²) in [5.41, 5.74) is 1.16. The molecule has 118 valence electrons. The van der Waals surface area contributed by atoms with Gasteiger partial charge in [0.15, 0.2) is 0 Å². The molecule has 21 heavy (non-hydrogen) atoms. The Morgan fingerprint density at radius 1 is 1.29 bits per heavy atom. The fourth-order valence-electron chi connectivity index (χ4n) is 1.87. The molecule has 1 aromatic rings. The van der Waals surface area contributed by atoms with Crippen molar-refractivity contribution in [1.29, 1.82) is 0 Å². The van der Waals surface area contributed by atoms with Gasteiger partial charge in [-0.3, -0.25) is 4.79 Å². The van der Waals surface area contributed by atoms with E-state index in [1.165, 1.54) is 0 Å². The Morgan fingerprint density at radius 2 is 1.95 bits per heavy atom. The van der Waals surface area contributed by atoms with Crippen molar-refractivity contribution < 1.29 is 9.53 Å². The summed E-state index contributed by atoms with van der Waals surface area (Å²) in [4.78, 5) is 13.7. The zero-order valence-electron chi connectivity index (χ0n) is 13.9. The Kier molecular flexibility index (Phi) is 6.69. The maximum atomic E-state index is 12.0. The van der Waals surface area contributed by atoms with Crippen molar-refractivity contribution in [2.24, 2.45) is 0 Å². The first-order valence-corrected chi connectivity index (χ1v) is 7.47. The highest BCUT2D eigenvalue weighted by atomic mass is 16.5. The molecule has 4 heteroatoms. The van der Waals surface area contributed by atoms with Gasteiger partial charge in [-0.1, -0.05) is 18.2 Å². The third-order valence-electron chi connectivity index (χ3n) is 3.20. The molecule has 4 nitrogen and oxygen atoms in total. The van der Waals surface area contributed by atoms with Crippen LogP contribution in [-0.2, 0) is 4.79 Å². The second-order valence-electron chi connectivity index (χ2n) is 6.36. The maximum Gasteiger partial charge on any atom is 0.223 e. The molecule has 0 bridgehead atoms. The summed E-state index contributed by atoms with van der Waals surface area (Å²) >= 11 is 0. The van der Waals surface area contributed by atoms with E-state index in [9.17, 15) is 4.79 Å². The van der Waals surface area contributed by atoms with Crippen LogP contribution in [0.2, 0.25) is 0 Å². The van der Waals surface area contributed by atoms with E-state index in [2.05, 4.69) is 26.1 Å². The molecule has 0 spiro atoms. The van der Waals surface area contributed by atoms with Gasteiger partial charge in [-0.15, -0.1) is 0 Å². The van der Waals surface area contributed by atoms with Crippen LogP contribution in [0.3, 0.4) is 0 Å². The Labute approximate surface area is 128 Å². The van der Waals surface area contributed by atoms with Gasteiger partial charge in [0.05, 0.1) is 6.54 Å². The Hall–Kier alpha value is -1.55. The fourth-order valence-corrected chi connectivity index (χ4v) is 1.87. The fraction of sp³-hybridized carbons (Fsp3) is 0.588. The number of rotatable bonds is 7. The number of carbonyl (C=O) groups excluding carboxylic acids is 1. The molecular weight excluding hydrogens is 264 g/mol. The van der Waals surface area contributed by atoms with Crippen molar-refractivity contribution in [1.82, 2.24) is 10.2 Å². The summed E-state index contributed by atoms with van der Waals surface area (Å²) in [5.74, 6) is 1.02. The van der Waals surface area contributed by atoms with Gasteiger partial charge in [-0.05, 0) is 39.3 Å². The molecule has 0 aliphatic carbocycles. The lowest BCUT2D eigenvalue weighted by molar-refractivity contribution is -0.130. The lowest BCUT2D eigenvalue weighted by Gasteiger charge is -2.22. The van der Waals surface area contributed by atoms with E-state index in [1.54, 1.807) is 4.90 Å². The van der Waals surface area contributed by atoms with Gasteiger partial charge in [-0.25, -0.2) is 0 Å². The average Bonchev–Trinajstić information content (AvgIpc) is 2.39. The van der Waals surface area contributed by atoms with Crippen molar-refractivity contribution in [2.45, 2.75) is 39.7 Å². The van der Waals surface area contributed by atoms with Crippen LogP contribution in [0.1, 0.15) is 32.8 Å². The van der Waals surface area contributed by atoms with Crippen LogP contribution < -0.4 is 10.1 Å². The van der Waals surface area contributed by atoms with Crippen molar-refractivity contribution in [2.75, 3.05) is 26.7 Å². The van der Waals surface area contributed by atoms with Crippen molar-refractivity contribution in [3.05, 3.63) is 29.8 Å². The van der Waals surface area contributed by atoms with Crippen molar-refractivity contribution >= 4 is 5.91 Å². The highest BCUT2D eigenvalue weighted by Gasteiger charge is 2.12. The van der Waals surface area contributed by atoms with Crippen LogP contribution >= 0.6 is 0 Å². The molecule has 0 fully saturated rings. The number of ether oxygens (including phenoxy) is 1. The van der Waals surface area contributed by atoms with E-state index in [0.29, 0.717) is 26.1 Å². The SMILES string of the molecule is Cc1ccccc1OCCN(C)C(=O)CCNC(C)(C)C. The summed E-state index contributed by atoms with van der Waals surface area (Å²) in [7, 11) is 1.82. The minimum Gasteiger partial charge on any atom is -0.491 e. The number of nitrogens with zero attached hydrogens (tertiary/aromatic N) is 1. The number of hydrogen-bond donors (Lipinski definition) is 1. The maximum absolute atomic E-state index is 12.0. The van der Waals surface area contributed by atoms with Gasteiger partial charge < -0.3 is 15.0 Å². The topological polar surface area (TPSA) is 41.6 Å². The highest BCUT2D eigenvalue weighted by molar-refractivity contribution is 5.76. The standard InChI is InChI=1S/C17H28N2O2/c1-14-8-6-7-9-15(14)21-13-12-19(5)16(20)10-11-18-17(2,3)4/h6-9,18H,10-13H2,1-5H3. The number of amides is 1. The minimum absolute atomic E-state index is 0.0484. The number of likely N-dealkylation sites (N-methyl/N-ethyl adjacent to an activating group) is 1. The third-order valence-corrected chi connectivity index (χ3v) is 3.20. The second-order valence-corrected chi connectivity index (χ2v) is 6.36. The quantitative estimate of drug-likeness (QED) is 0.840. The van der Waals surface area contributed by atoms with Gasteiger partial charge in [0.2, 0.25) is 5.91 Å². The van der Waals surface area contributed by atoms with Crippen LogP contribution in [-0.4, -0.2) is 43.1 Å². The van der Waals surface area contributed by atoms with E-state index in [0.717, 1.165) is 11.3 Å². The van der Waals surface area contributed by atoms with Crippen LogP contribution in [0.25, 0.3) is 0 Å². The normalized spacial score (nSPS) is 11.3. The molecule has 0 saturated heterocycles. The summed E-state index contributed by atoms with van der Waals surface area (Å²) in [6.07, 6.45) is 0.512. The molecule has 0 atom stereocenters. The van der Waals surface area contributed by atoms with Crippen molar-refractivity contribution in [3.63, 3.8) is 0 Å². The monoisotopic (exact) mass is 292 g/mol. The molecule has 1 N–H and O–H groups in total. The van der Waals surface area contributed by atoms with Gasteiger partial charge in [0.25, 0.3) is 0 Å². The lowest BCUT2D eigenvalue weighted by atomic mass is 10.1. The number of carbonyl (C=O) groups is 1. The molecule has 0 saturated carbocycles. The zero-order chi connectivity index (χ0) is 15.9. The number of aryl methyl sites for hydroxylation is 1. The highest BCUT2D eigenvalue weighted by Crippen LogP contribution is 2.15. The van der Waals surface area contributed by atoms with E-state index in [-0.39, 0.29) is 11.4 Å². The lowest BCUT2D eigenvalue weighted by Crippen LogP contribution is -2.39. The zero-order valence-corrected chi connectivity index (χ0v) is 13.9.